The second kappa shape index (κ2) is 3.14. The number of aldehydes is 1. The minimum absolute atomic E-state index is 0.420. The number of carbonyl (C=O) groups excluding carboxylic acids is 1. The molecule has 0 saturated heterocycles. The Morgan fingerprint density at radius 2 is 2.07 bits per heavy atom. The van der Waals surface area contributed by atoms with Crippen LogP contribution in [0.5, 0.6) is 0 Å². The molecule has 0 fully saturated rings. The molecular weight excluding hydrogens is 198 g/mol. The van der Waals surface area contributed by atoms with E-state index in [9.17, 15) is 4.79 Å². The van der Waals surface area contributed by atoms with Crippen molar-refractivity contribution in [3.8, 4) is 0 Å². The van der Waals surface area contributed by atoms with Gasteiger partial charge >= 0.3 is 0 Å². The average Bonchev–Trinajstić information content (AvgIpc) is 2.41. The number of hydrogen-bond donors (Lipinski definition) is 1. The first-order valence-electron chi connectivity index (χ1n) is 4.37. The largest absolute Gasteiger partial charge is 0.345 e. The molecule has 0 aliphatic rings. The highest BCUT2D eigenvalue weighted by Gasteiger charge is 2.10. The highest BCUT2D eigenvalue weighted by Crippen LogP contribution is 2.27. The predicted molar refractivity (Wildman–Crippen MR) is 58.2 cm³/mol. The Labute approximate surface area is 86.9 Å². The fourth-order valence-corrected chi connectivity index (χ4v) is 2.00. The van der Waals surface area contributed by atoms with E-state index in [1.807, 2.05) is 19.9 Å². The first-order valence-corrected chi connectivity index (χ1v) is 4.75. The van der Waals surface area contributed by atoms with Gasteiger partial charge < -0.3 is 4.98 Å². The number of benzene rings is 1. The Kier molecular flexibility index (Phi) is 2.08. The lowest BCUT2D eigenvalue weighted by Crippen LogP contribution is -1.81. The van der Waals surface area contributed by atoms with Crippen LogP contribution in [0.15, 0.2) is 12.1 Å². The van der Waals surface area contributed by atoms with Crippen molar-refractivity contribution < 1.29 is 4.79 Å². The maximum absolute atomic E-state index is 10.8. The van der Waals surface area contributed by atoms with Gasteiger partial charge in [0.1, 0.15) is 5.15 Å². The van der Waals surface area contributed by atoms with Crippen LogP contribution < -0.4 is 0 Å². The SMILES string of the molecule is Cc1cc(C)c2[nH]c(Cl)c(C=O)c2c1. The molecule has 0 saturated carbocycles. The van der Waals surface area contributed by atoms with Crippen molar-refractivity contribution in [1.82, 2.24) is 4.98 Å². The molecule has 0 unspecified atom stereocenters. The first kappa shape index (κ1) is 9.28. The normalized spacial score (nSPS) is 10.8. The number of carbonyl (C=O) groups is 1. The van der Waals surface area contributed by atoms with E-state index >= 15 is 0 Å². The summed E-state index contributed by atoms with van der Waals surface area (Å²) in [5.41, 5.74) is 3.74. The zero-order valence-electron chi connectivity index (χ0n) is 8.02. The Balaban J connectivity index is 2.94. The molecule has 1 aromatic heterocycles. The minimum atomic E-state index is 0.420. The van der Waals surface area contributed by atoms with Crippen LogP contribution in [0.1, 0.15) is 21.5 Å². The molecule has 0 radical (unpaired) electrons. The molecular formula is C11H10ClNO. The number of fused-ring (bicyclic) bond motifs is 1. The van der Waals surface area contributed by atoms with Crippen molar-refractivity contribution in [2.24, 2.45) is 0 Å². The highest BCUT2D eigenvalue weighted by atomic mass is 35.5. The average molecular weight is 208 g/mol. The van der Waals surface area contributed by atoms with Crippen molar-refractivity contribution in [2.75, 3.05) is 0 Å². The summed E-state index contributed by atoms with van der Waals surface area (Å²) in [7, 11) is 0. The minimum Gasteiger partial charge on any atom is -0.345 e. The number of hydrogen-bond acceptors (Lipinski definition) is 1. The van der Waals surface area contributed by atoms with Crippen molar-refractivity contribution in [2.45, 2.75) is 13.8 Å². The molecule has 0 amide bonds. The van der Waals surface area contributed by atoms with E-state index in [2.05, 4.69) is 11.1 Å². The summed E-state index contributed by atoms with van der Waals surface area (Å²) >= 11 is 5.91. The Hall–Kier alpha value is -1.28. The summed E-state index contributed by atoms with van der Waals surface area (Å²) in [4.78, 5) is 13.8. The fourth-order valence-electron chi connectivity index (χ4n) is 1.76. The van der Waals surface area contributed by atoms with Crippen LogP contribution in [-0.2, 0) is 0 Å². The molecule has 2 aromatic rings. The number of aromatic amines is 1. The van der Waals surface area contributed by atoms with E-state index < -0.39 is 0 Å². The summed E-state index contributed by atoms with van der Waals surface area (Å²) in [5, 5.41) is 1.33. The highest BCUT2D eigenvalue weighted by molar-refractivity contribution is 6.34. The molecule has 2 rings (SSSR count). The quantitative estimate of drug-likeness (QED) is 0.716. The molecule has 3 heteroatoms. The van der Waals surface area contributed by atoms with Crippen molar-refractivity contribution >= 4 is 28.8 Å². The van der Waals surface area contributed by atoms with E-state index in [1.54, 1.807) is 0 Å². The lowest BCUT2D eigenvalue weighted by atomic mass is 10.1. The smallest absolute Gasteiger partial charge is 0.153 e. The van der Waals surface area contributed by atoms with E-state index in [0.717, 1.165) is 28.3 Å². The van der Waals surface area contributed by atoms with Gasteiger partial charge in [0.2, 0.25) is 0 Å². The van der Waals surface area contributed by atoms with E-state index in [1.165, 1.54) is 0 Å². The van der Waals surface area contributed by atoms with Crippen molar-refractivity contribution in [3.63, 3.8) is 0 Å². The van der Waals surface area contributed by atoms with Gasteiger partial charge in [-0.3, -0.25) is 4.79 Å². The lowest BCUT2D eigenvalue weighted by Gasteiger charge is -1.98. The van der Waals surface area contributed by atoms with Gasteiger partial charge in [0.05, 0.1) is 11.1 Å². The molecule has 0 bridgehead atoms. The summed E-state index contributed by atoms with van der Waals surface area (Å²) in [6.45, 7) is 4.00. The van der Waals surface area contributed by atoms with Gasteiger partial charge in [-0.05, 0) is 25.5 Å². The maximum atomic E-state index is 10.8. The second-order valence-electron chi connectivity index (χ2n) is 3.47. The number of halogens is 1. The molecule has 1 N–H and O–H groups in total. The third kappa shape index (κ3) is 1.23. The molecule has 0 atom stereocenters. The van der Waals surface area contributed by atoms with Crippen molar-refractivity contribution in [3.05, 3.63) is 34.0 Å². The van der Waals surface area contributed by atoms with Gasteiger partial charge in [-0.25, -0.2) is 0 Å². The van der Waals surface area contributed by atoms with Crippen LogP contribution in [0.25, 0.3) is 10.9 Å². The van der Waals surface area contributed by atoms with Gasteiger partial charge in [0.15, 0.2) is 6.29 Å². The molecule has 72 valence electrons. The van der Waals surface area contributed by atoms with E-state index in [4.69, 9.17) is 11.6 Å². The number of aryl methyl sites for hydroxylation is 2. The van der Waals surface area contributed by atoms with Gasteiger partial charge in [-0.15, -0.1) is 0 Å². The zero-order chi connectivity index (χ0) is 10.3. The third-order valence-electron chi connectivity index (χ3n) is 2.36. The van der Waals surface area contributed by atoms with Gasteiger partial charge in [-0.2, -0.15) is 0 Å². The first-order chi connectivity index (χ1) is 6.63. The lowest BCUT2D eigenvalue weighted by molar-refractivity contribution is 0.112. The Morgan fingerprint density at radius 3 is 2.71 bits per heavy atom. The molecule has 14 heavy (non-hydrogen) atoms. The van der Waals surface area contributed by atoms with Crippen LogP contribution in [0.2, 0.25) is 5.15 Å². The number of nitrogens with one attached hydrogen (secondary N) is 1. The second-order valence-corrected chi connectivity index (χ2v) is 3.85. The van der Waals surface area contributed by atoms with Gasteiger partial charge in [-0.1, -0.05) is 23.2 Å². The fraction of sp³-hybridized carbons (Fsp3) is 0.182. The third-order valence-corrected chi connectivity index (χ3v) is 2.66. The summed E-state index contributed by atoms with van der Waals surface area (Å²) in [6, 6.07) is 4.03. The standard InChI is InChI=1S/C11H10ClNO/c1-6-3-7(2)10-8(4-6)9(5-14)11(12)13-10/h3-5,13H,1-2H3. The van der Waals surface area contributed by atoms with Crippen LogP contribution in [0, 0.1) is 13.8 Å². The summed E-state index contributed by atoms with van der Waals surface area (Å²) in [6.07, 6.45) is 0.792. The number of H-pyrrole nitrogens is 1. The van der Waals surface area contributed by atoms with Gasteiger partial charge in [0, 0.05) is 5.39 Å². The topological polar surface area (TPSA) is 32.9 Å². The summed E-state index contributed by atoms with van der Waals surface area (Å²) < 4.78 is 0. The Morgan fingerprint density at radius 1 is 1.36 bits per heavy atom. The van der Waals surface area contributed by atoms with Crippen LogP contribution in [0.4, 0.5) is 0 Å². The predicted octanol–water partition coefficient (Wildman–Crippen LogP) is 3.25. The van der Waals surface area contributed by atoms with Crippen molar-refractivity contribution in [1.29, 1.82) is 0 Å². The van der Waals surface area contributed by atoms with Crippen LogP contribution >= 0.6 is 11.6 Å². The monoisotopic (exact) mass is 207 g/mol. The Bertz CT molecular complexity index is 513. The van der Waals surface area contributed by atoms with Crippen LogP contribution in [0.3, 0.4) is 0 Å². The van der Waals surface area contributed by atoms with Crippen LogP contribution in [-0.4, -0.2) is 11.3 Å². The van der Waals surface area contributed by atoms with Gasteiger partial charge in [0.25, 0.3) is 0 Å². The number of rotatable bonds is 1. The van der Waals surface area contributed by atoms with E-state index in [0.29, 0.717) is 10.7 Å². The maximum Gasteiger partial charge on any atom is 0.153 e. The molecule has 0 aliphatic carbocycles. The molecule has 2 nitrogen and oxygen atoms in total. The van der Waals surface area contributed by atoms with E-state index in [-0.39, 0.29) is 0 Å². The molecule has 0 spiro atoms. The zero-order valence-corrected chi connectivity index (χ0v) is 8.77. The summed E-state index contributed by atoms with van der Waals surface area (Å²) in [5.74, 6) is 0. The molecule has 1 aromatic carbocycles. The molecule has 0 aliphatic heterocycles. The molecule has 1 heterocycles. The number of aromatic nitrogens is 1.